The van der Waals surface area contributed by atoms with E-state index in [-0.39, 0.29) is 6.04 Å². The van der Waals surface area contributed by atoms with Gasteiger partial charge in [0.1, 0.15) is 5.82 Å². The second-order valence-corrected chi connectivity index (χ2v) is 5.36. The van der Waals surface area contributed by atoms with Gasteiger partial charge in [-0.1, -0.05) is 38.1 Å². The average Bonchev–Trinajstić information content (AvgIpc) is 2.82. The quantitative estimate of drug-likeness (QED) is 0.772. The van der Waals surface area contributed by atoms with Gasteiger partial charge in [0.05, 0.1) is 17.1 Å². The van der Waals surface area contributed by atoms with Crippen molar-refractivity contribution in [2.45, 2.75) is 19.9 Å². The highest BCUT2D eigenvalue weighted by Crippen LogP contribution is 2.28. The summed E-state index contributed by atoms with van der Waals surface area (Å²) in [6.07, 6.45) is 3.86. The number of hydrogen-bond donors (Lipinski definition) is 1. The van der Waals surface area contributed by atoms with Gasteiger partial charge in [-0.05, 0) is 18.1 Å². The number of H-pyrrole nitrogens is 1. The Morgan fingerprint density at radius 2 is 1.85 bits per heavy atom. The van der Waals surface area contributed by atoms with Crippen LogP contribution in [0.15, 0.2) is 49.6 Å². The molecule has 0 aliphatic heterocycles. The molecule has 1 N–H and O–H groups in total. The zero-order valence-corrected chi connectivity index (χ0v) is 12.3. The molecule has 0 saturated heterocycles. The Balaban J connectivity index is 2.40. The van der Waals surface area contributed by atoms with Crippen LogP contribution in [-0.4, -0.2) is 28.0 Å². The molecule has 0 amide bonds. The molecule has 0 bridgehead atoms. The molecule has 1 unspecified atom stereocenters. The molecule has 1 aromatic carbocycles. The topological polar surface area (TPSA) is 31.9 Å². The third-order valence-corrected chi connectivity index (χ3v) is 3.44. The summed E-state index contributed by atoms with van der Waals surface area (Å²) >= 11 is 0. The van der Waals surface area contributed by atoms with E-state index in [1.165, 1.54) is 0 Å². The molecule has 20 heavy (non-hydrogen) atoms. The number of para-hydroxylation sites is 2. The van der Waals surface area contributed by atoms with Crippen molar-refractivity contribution in [3.8, 4) is 0 Å². The highest BCUT2D eigenvalue weighted by atomic mass is 15.2. The van der Waals surface area contributed by atoms with Crippen molar-refractivity contribution in [2.24, 2.45) is 5.92 Å². The van der Waals surface area contributed by atoms with Gasteiger partial charge in [-0.2, -0.15) is 0 Å². The number of fused-ring (bicyclic) bond motifs is 1. The lowest BCUT2D eigenvalue weighted by Gasteiger charge is -2.31. The van der Waals surface area contributed by atoms with Crippen LogP contribution >= 0.6 is 0 Å². The maximum Gasteiger partial charge on any atom is 0.124 e. The molecule has 2 rings (SSSR count). The highest BCUT2D eigenvalue weighted by molar-refractivity contribution is 5.74. The first-order valence-corrected chi connectivity index (χ1v) is 7.07. The summed E-state index contributed by atoms with van der Waals surface area (Å²) in [6.45, 7) is 13.8. The van der Waals surface area contributed by atoms with Gasteiger partial charge in [0, 0.05) is 13.1 Å². The second kappa shape index (κ2) is 6.53. The van der Waals surface area contributed by atoms with Crippen LogP contribution in [0.4, 0.5) is 0 Å². The highest BCUT2D eigenvalue weighted by Gasteiger charge is 2.25. The number of rotatable bonds is 7. The van der Waals surface area contributed by atoms with Crippen molar-refractivity contribution in [3.63, 3.8) is 0 Å². The predicted molar refractivity (Wildman–Crippen MR) is 85.6 cm³/mol. The van der Waals surface area contributed by atoms with Crippen molar-refractivity contribution >= 4 is 11.0 Å². The normalized spacial score (nSPS) is 13.0. The first kappa shape index (κ1) is 14.5. The van der Waals surface area contributed by atoms with E-state index in [1.54, 1.807) is 0 Å². The molecule has 1 heterocycles. The number of hydrogen-bond acceptors (Lipinski definition) is 2. The standard InChI is InChI=1S/C17H23N3/c1-5-11-20(12-6-2)16(13(3)4)17-18-14-9-7-8-10-15(14)19-17/h5-10,13,16H,1-2,11-12H2,3-4H3,(H,18,19). The Morgan fingerprint density at radius 1 is 1.20 bits per heavy atom. The minimum absolute atomic E-state index is 0.235. The Kier molecular flexibility index (Phi) is 4.74. The van der Waals surface area contributed by atoms with Crippen LogP contribution in [0.3, 0.4) is 0 Å². The van der Waals surface area contributed by atoms with Crippen LogP contribution in [0.2, 0.25) is 0 Å². The molecule has 3 nitrogen and oxygen atoms in total. The van der Waals surface area contributed by atoms with E-state index in [1.807, 2.05) is 30.4 Å². The smallest absolute Gasteiger partial charge is 0.124 e. The van der Waals surface area contributed by atoms with Crippen molar-refractivity contribution in [1.82, 2.24) is 14.9 Å². The maximum atomic E-state index is 4.75. The first-order chi connectivity index (χ1) is 9.67. The van der Waals surface area contributed by atoms with Crippen molar-refractivity contribution in [3.05, 3.63) is 55.4 Å². The number of nitrogens with one attached hydrogen (secondary N) is 1. The molecular formula is C17H23N3. The van der Waals surface area contributed by atoms with Crippen molar-refractivity contribution in [1.29, 1.82) is 0 Å². The van der Waals surface area contributed by atoms with E-state index in [0.29, 0.717) is 5.92 Å². The Bertz CT molecular complexity index is 540. The molecule has 1 aromatic heterocycles. The molecule has 0 fully saturated rings. The zero-order chi connectivity index (χ0) is 14.5. The largest absolute Gasteiger partial charge is 0.341 e. The van der Waals surface area contributed by atoms with Gasteiger partial charge in [0.15, 0.2) is 0 Å². The van der Waals surface area contributed by atoms with Gasteiger partial charge >= 0.3 is 0 Å². The predicted octanol–water partition coefficient (Wildman–Crippen LogP) is 3.93. The number of aromatic amines is 1. The van der Waals surface area contributed by atoms with Gasteiger partial charge in [-0.25, -0.2) is 4.98 Å². The zero-order valence-electron chi connectivity index (χ0n) is 12.3. The van der Waals surface area contributed by atoms with E-state index in [9.17, 15) is 0 Å². The minimum Gasteiger partial charge on any atom is -0.341 e. The molecule has 0 aliphatic rings. The van der Waals surface area contributed by atoms with E-state index in [0.717, 1.165) is 29.9 Å². The van der Waals surface area contributed by atoms with Gasteiger partial charge in [-0.15, -0.1) is 13.2 Å². The number of imidazole rings is 1. The molecule has 2 aromatic rings. The number of aromatic nitrogens is 2. The molecule has 0 radical (unpaired) electrons. The molecular weight excluding hydrogens is 246 g/mol. The summed E-state index contributed by atoms with van der Waals surface area (Å²) in [5.41, 5.74) is 2.11. The Morgan fingerprint density at radius 3 is 2.40 bits per heavy atom. The SMILES string of the molecule is C=CCN(CC=C)C(c1nc2ccccc2[nH]1)C(C)C. The molecule has 106 valence electrons. The summed E-state index contributed by atoms with van der Waals surface area (Å²) < 4.78 is 0. The van der Waals surface area contributed by atoms with E-state index >= 15 is 0 Å². The lowest BCUT2D eigenvalue weighted by Crippen LogP contribution is -2.33. The summed E-state index contributed by atoms with van der Waals surface area (Å²) in [5.74, 6) is 1.47. The maximum absolute atomic E-state index is 4.75. The number of nitrogens with zero attached hydrogens (tertiary/aromatic N) is 2. The molecule has 0 saturated carbocycles. The summed E-state index contributed by atoms with van der Waals surface area (Å²) in [5, 5.41) is 0. The summed E-state index contributed by atoms with van der Waals surface area (Å²) in [4.78, 5) is 10.5. The number of benzene rings is 1. The van der Waals surface area contributed by atoms with Crippen LogP contribution in [0, 0.1) is 5.92 Å². The molecule has 0 aliphatic carbocycles. The third-order valence-electron chi connectivity index (χ3n) is 3.44. The second-order valence-electron chi connectivity index (χ2n) is 5.36. The summed E-state index contributed by atoms with van der Waals surface area (Å²) in [6, 6.07) is 8.38. The van der Waals surface area contributed by atoms with Gasteiger partial charge in [0.2, 0.25) is 0 Å². The fourth-order valence-corrected chi connectivity index (χ4v) is 2.66. The van der Waals surface area contributed by atoms with Crippen molar-refractivity contribution in [2.75, 3.05) is 13.1 Å². The van der Waals surface area contributed by atoms with Crippen molar-refractivity contribution < 1.29 is 0 Å². The monoisotopic (exact) mass is 269 g/mol. The minimum atomic E-state index is 0.235. The Labute approximate surface area is 121 Å². The molecule has 3 heteroatoms. The van der Waals surface area contributed by atoms with Gasteiger partial charge in [-0.3, -0.25) is 4.90 Å². The average molecular weight is 269 g/mol. The lowest BCUT2D eigenvalue weighted by molar-refractivity contribution is 0.183. The van der Waals surface area contributed by atoms with Gasteiger partial charge < -0.3 is 4.98 Å². The fourth-order valence-electron chi connectivity index (χ4n) is 2.66. The first-order valence-electron chi connectivity index (χ1n) is 7.07. The molecule has 0 spiro atoms. The summed E-state index contributed by atoms with van der Waals surface area (Å²) in [7, 11) is 0. The van der Waals surface area contributed by atoms with Crippen LogP contribution in [0.1, 0.15) is 25.7 Å². The Hall–Kier alpha value is -1.87. The molecule has 1 atom stereocenters. The lowest BCUT2D eigenvalue weighted by atomic mass is 10.0. The fraction of sp³-hybridized carbons (Fsp3) is 0.353. The van der Waals surface area contributed by atoms with Crippen LogP contribution < -0.4 is 0 Å². The van der Waals surface area contributed by atoms with Crippen LogP contribution in [-0.2, 0) is 0 Å². The van der Waals surface area contributed by atoms with Crippen LogP contribution in [0.25, 0.3) is 11.0 Å². The van der Waals surface area contributed by atoms with E-state index < -0.39 is 0 Å². The van der Waals surface area contributed by atoms with E-state index in [2.05, 4.69) is 43.0 Å². The van der Waals surface area contributed by atoms with E-state index in [4.69, 9.17) is 4.98 Å². The van der Waals surface area contributed by atoms with Gasteiger partial charge in [0.25, 0.3) is 0 Å². The third kappa shape index (κ3) is 2.99. The van der Waals surface area contributed by atoms with Crippen LogP contribution in [0.5, 0.6) is 0 Å².